The van der Waals surface area contributed by atoms with E-state index >= 15 is 0 Å². The van der Waals surface area contributed by atoms with Crippen molar-refractivity contribution in [2.75, 3.05) is 7.05 Å². The topological polar surface area (TPSA) is 3.24 Å². The number of hydrogen-bond donors (Lipinski definition) is 0. The van der Waals surface area contributed by atoms with Crippen molar-refractivity contribution in [1.29, 1.82) is 0 Å². The Kier molecular flexibility index (Phi) is 1.93. The minimum atomic E-state index is 0.668. The molecule has 0 saturated heterocycles. The van der Waals surface area contributed by atoms with Gasteiger partial charge in [-0.15, -0.1) is 0 Å². The second-order valence-corrected chi connectivity index (χ2v) is 2.42. The Morgan fingerprint density at radius 1 is 1.33 bits per heavy atom. The lowest BCUT2D eigenvalue weighted by molar-refractivity contribution is 0.582. The van der Waals surface area contributed by atoms with E-state index < -0.39 is 0 Å². The molecule has 50 valence electrons. The van der Waals surface area contributed by atoms with Crippen molar-refractivity contribution in [2.24, 2.45) is 5.92 Å². The molecule has 9 heavy (non-hydrogen) atoms. The monoisotopic (exact) mass is 123 g/mol. The van der Waals surface area contributed by atoms with Gasteiger partial charge >= 0.3 is 0 Å². The molecule has 0 aliphatic carbocycles. The van der Waals surface area contributed by atoms with Crippen molar-refractivity contribution in [3.63, 3.8) is 0 Å². The molecule has 0 spiro atoms. The summed E-state index contributed by atoms with van der Waals surface area (Å²) in [5.41, 5.74) is 0. The summed E-state index contributed by atoms with van der Waals surface area (Å²) in [4.78, 5) is 2.06. The zero-order valence-electron chi connectivity index (χ0n) is 6.04. The fraction of sp³-hybridized carbons (Fsp3) is 0.500. The molecule has 0 fully saturated rings. The zero-order valence-corrected chi connectivity index (χ0v) is 6.04. The highest BCUT2D eigenvalue weighted by molar-refractivity contribution is 5.06. The average Bonchev–Trinajstić information content (AvgIpc) is 1.90. The first-order valence-electron chi connectivity index (χ1n) is 3.41. The standard InChI is InChI=1S/C8H13N/c1-3-8-4-6-9(2)7-5-8/h4-8H,3H2,1-2H3. The van der Waals surface area contributed by atoms with Gasteiger partial charge in [-0.3, -0.25) is 0 Å². The van der Waals surface area contributed by atoms with Gasteiger partial charge in [0.25, 0.3) is 0 Å². The highest BCUT2D eigenvalue weighted by Gasteiger charge is 1.99. The molecule has 1 heteroatoms. The van der Waals surface area contributed by atoms with Crippen LogP contribution in [-0.2, 0) is 0 Å². The Morgan fingerprint density at radius 3 is 2.33 bits per heavy atom. The van der Waals surface area contributed by atoms with Gasteiger partial charge in [0.15, 0.2) is 0 Å². The quantitative estimate of drug-likeness (QED) is 0.515. The molecule has 0 aromatic carbocycles. The van der Waals surface area contributed by atoms with E-state index in [0.29, 0.717) is 5.92 Å². The second kappa shape index (κ2) is 2.72. The van der Waals surface area contributed by atoms with Gasteiger partial charge in [0.1, 0.15) is 0 Å². The van der Waals surface area contributed by atoms with Crippen LogP contribution in [-0.4, -0.2) is 11.9 Å². The van der Waals surface area contributed by atoms with Crippen LogP contribution in [0.3, 0.4) is 0 Å². The molecular formula is C8H13N. The van der Waals surface area contributed by atoms with E-state index in [4.69, 9.17) is 0 Å². The molecule has 0 N–H and O–H groups in total. The summed E-state index contributed by atoms with van der Waals surface area (Å²) in [7, 11) is 2.04. The maximum Gasteiger partial charge on any atom is 0.0106 e. The van der Waals surface area contributed by atoms with Gasteiger partial charge in [-0.1, -0.05) is 19.1 Å². The van der Waals surface area contributed by atoms with E-state index in [1.807, 2.05) is 7.05 Å². The molecule has 1 heterocycles. The fourth-order valence-electron chi connectivity index (χ4n) is 0.879. The highest BCUT2D eigenvalue weighted by atomic mass is 15.0. The van der Waals surface area contributed by atoms with Gasteiger partial charge in [-0.05, 0) is 24.7 Å². The van der Waals surface area contributed by atoms with Gasteiger partial charge < -0.3 is 4.90 Å². The predicted octanol–water partition coefficient (Wildman–Crippen LogP) is 1.99. The molecule has 0 atom stereocenters. The Morgan fingerprint density at radius 2 is 1.89 bits per heavy atom. The minimum absolute atomic E-state index is 0.668. The molecule has 0 amide bonds. The maximum absolute atomic E-state index is 2.22. The third-order valence-corrected chi connectivity index (χ3v) is 1.61. The Labute approximate surface area is 56.7 Å². The van der Waals surface area contributed by atoms with Crippen molar-refractivity contribution in [3.05, 3.63) is 24.6 Å². The van der Waals surface area contributed by atoms with Crippen molar-refractivity contribution in [3.8, 4) is 0 Å². The van der Waals surface area contributed by atoms with E-state index in [1.165, 1.54) is 6.42 Å². The van der Waals surface area contributed by atoms with Crippen LogP contribution in [0.15, 0.2) is 24.6 Å². The molecule has 0 aromatic heterocycles. The van der Waals surface area contributed by atoms with E-state index in [2.05, 4.69) is 36.4 Å². The highest BCUT2D eigenvalue weighted by Crippen LogP contribution is 2.11. The molecular weight excluding hydrogens is 110 g/mol. The van der Waals surface area contributed by atoms with Crippen LogP contribution in [0.1, 0.15) is 13.3 Å². The average molecular weight is 123 g/mol. The molecule has 0 unspecified atom stereocenters. The van der Waals surface area contributed by atoms with Crippen molar-refractivity contribution in [2.45, 2.75) is 13.3 Å². The largest absolute Gasteiger partial charge is 0.358 e. The van der Waals surface area contributed by atoms with Gasteiger partial charge in [0.2, 0.25) is 0 Å². The maximum atomic E-state index is 2.22. The first-order valence-corrected chi connectivity index (χ1v) is 3.41. The Balaban J connectivity index is 2.48. The smallest absolute Gasteiger partial charge is 0.0106 e. The second-order valence-electron chi connectivity index (χ2n) is 2.42. The fourth-order valence-corrected chi connectivity index (χ4v) is 0.879. The summed E-state index contributed by atoms with van der Waals surface area (Å²) >= 11 is 0. The lowest BCUT2D eigenvalue weighted by Crippen LogP contribution is -2.06. The SMILES string of the molecule is CCC1C=CN(C)C=C1. The molecule has 1 rings (SSSR count). The van der Waals surface area contributed by atoms with Crippen LogP contribution in [0.5, 0.6) is 0 Å². The molecule has 1 aliphatic heterocycles. The summed E-state index contributed by atoms with van der Waals surface area (Å²) in [5.74, 6) is 0.668. The summed E-state index contributed by atoms with van der Waals surface area (Å²) < 4.78 is 0. The predicted molar refractivity (Wildman–Crippen MR) is 39.8 cm³/mol. The molecule has 0 bridgehead atoms. The molecule has 0 saturated carbocycles. The van der Waals surface area contributed by atoms with Crippen molar-refractivity contribution >= 4 is 0 Å². The number of hydrogen-bond acceptors (Lipinski definition) is 1. The number of nitrogens with zero attached hydrogens (tertiary/aromatic N) is 1. The molecule has 1 aliphatic rings. The van der Waals surface area contributed by atoms with Gasteiger partial charge in [0.05, 0.1) is 0 Å². The molecule has 0 aromatic rings. The van der Waals surface area contributed by atoms with E-state index in [0.717, 1.165) is 0 Å². The van der Waals surface area contributed by atoms with Crippen LogP contribution in [0.4, 0.5) is 0 Å². The van der Waals surface area contributed by atoms with Gasteiger partial charge in [0, 0.05) is 7.05 Å². The van der Waals surface area contributed by atoms with Gasteiger partial charge in [-0.2, -0.15) is 0 Å². The molecule has 1 nitrogen and oxygen atoms in total. The normalized spacial score (nSPS) is 19.1. The van der Waals surface area contributed by atoms with Crippen LogP contribution in [0.2, 0.25) is 0 Å². The first-order chi connectivity index (χ1) is 4.33. The number of rotatable bonds is 1. The summed E-state index contributed by atoms with van der Waals surface area (Å²) in [5, 5.41) is 0. The summed E-state index contributed by atoms with van der Waals surface area (Å²) in [6.07, 6.45) is 9.86. The minimum Gasteiger partial charge on any atom is -0.358 e. The zero-order chi connectivity index (χ0) is 6.69. The van der Waals surface area contributed by atoms with Crippen LogP contribution >= 0.6 is 0 Å². The van der Waals surface area contributed by atoms with Crippen LogP contribution in [0, 0.1) is 5.92 Å². The lowest BCUT2D eigenvalue weighted by Gasteiger charge is -2.15. The lowest BCUT2D eigenvalue weighted by atomic mass is 10.1. The van der Waals surface area contributed by atoms with Gasteiger partial charge in [-0.25, -0.2) is 0 Å². The molecule has 0 radical (unpaired) electrons. The van der Waals surface area contributed by atoms with E-state index in [9.17, 15) is 0 Å². The third-order valence-electron chi connectivity index (χ3n) is 1.61. The van der Waals surface area contributed by atoms with Crippen molar-refractivity contribution in [1.82, 2.24) is 4.90 Å². The van der Waals surface area contributed by atoms with Crippen LogP contribution < -0.4 is 0 Å². The summed E-state index contributed by atoms with van der Waals surface area (Å²) in [6.45, 7) is 2.20. The van der Waals surface area contributed by atoms with Crippen LogP contribution in [0.25, 0.3) is 0 Å². The van der Waals surface area contributed by atoms with E-state index in [-0.39, 0.29) is 0 Å². The first kappa shape index (κ1) is 6.40. The summed E-state index contributed by atoms with van der Waals surface area (Å²) in [6, 6.07) is 0. The van der Waals surface area contributed by atoms with Crippen molar-refractivity contribution < 1.29 is 0 Å². The Hall–Kier alpha value is -0.720. The Bertz CT molecular complexity index is 122. The number of allylic oxidation sites excluding steroid dienone is 2. The van der Waals surface area contributed by atoms with E-state index in [1.54, 1.807) is 0 Å². The third kappa shape index (κ3) is 1.60.